The van der Waals surface area contributed by atoms with E-state index < -0.39 is 11.4 Å². The molecule has 7 heteroatoms. The number of ether oxygens (including phenoxy) is 4. The smallest absolute Gasteiger partial charge is 0.166 e. The van der Waals surface area contributed by atoms with Crippen molar-refractivity contribution in [3.05, 3.63) is 0 Å². The Morgan fingerprint density at radius 2 is 1.74 bits per heavy atom. The van der Waals surface area contributed by atoms with Crippen molar-refractivity contribution in [1.82, 2.24) is 0 Å². The number of methoxy groups -OCH3 is 1. The Labute approximate surface area is 210 Å². The first-order chi connectivity index (χ1) is 16.5. The summed E-state index contributed by atoms with van der Waals surface area (Å²) in [4.78, 5) is 0. The van der Waals surface area contributed by atoms with Gasteiger partial charge in [0, 0.05) is 24.9 Å². The third-order valence-electron chi connectivity index (χ3n) is 12.2. The first-order valence-corrected chi connectivity index (χ1v) is 14.2. The molecule has 13 atom stereocenters. The summed E-state index contributed by atoms with van der Waals surface area (Å²) >= 11 is 0. The summed E-state index contributed by atoms with van der Waals surface area (Å²) in [6.45, 7) is 6.82. The maximum atomic E-state index is 12.3. The van der Waals surface area contributed by atoms with E-state index in [1.807, 2.05) is 13.8 Å². The first kappa shape index (κ1) is 25.0. The zero-order valence-electron chi connectivity index (χ0n) is 22.1. The van der Waals surface area contributed by atoms with Crippen LogP contribution in [-0.2, 0) is 18.9 Å². The topological polar surface area (TPSA) is 103 Å². The highest BCUT2D eigenvalue weighted by atomic mass is 16.7. The van der Waals surface area contributed by atoms with Gasteiger partial charge in [0.1, 0.15) is 0 Å². The van der Waals surface area contributed by atoms with Crippen molar-refractivity contribution in [2.24, 2.45) is 40.2 Å². The Balaban J connectivity index is 1.15. The number of nitrogens with two attached hydrogens (primary N) is 1. The highest BCUT2D eigenvalue weighted by Crippen LogP contribution is 2.72. The molecular formula is C28H47NO6. The number of fused-ring (bicyclic) bond motifs is 4. The number of aliphatic hydroxyl groups is 2. The molecule has 0 aromatic heterocycles. The monoisotopic (exact) mass is 493 g/mol. The predicted octanol–water partition coefficient (Wildman–Crippen LogP) is 3.34. The lowest BCUT2D eigenvalue weighted by Crippen LogP contribution is -2.63. The molecule has 4 N–H and O–H groups in total. The minimum atomic E-state index is -1.10. The van der Waals surface area contributed by atoms with E-state index >= 15 is 0 Å². The van der Waals surface area contributed by atoms with Gasteiger partial charge in [0.05, 0.1) is 36.6 Å². The van der Waals surface area contributed by atoms with E-state index in [1.165, 1.54) is 0 Å². The van der Waals surface area contributed by atoms with Crippen LogP contribution in [0.5, 0.6) is 0 Å². The zero-order chi connectivity index (χ0) is 24.8. The summed E-state index contributed by atoms with van der Waals surface area (Å²) in [6.07, 6.45) is 9.80. The van der Waals surface area contributed by atoms with Crippen LogP contribution in [0.4, 0.5) is 0 Å². The summed E-state index contributed by atoms with van der Waals surface area (Å²) in [5, 5.41) is 23.2. The highest BCUT2D eigenvalue weighted by molar-refractivity contribution is 5.21. The molecule has 0 radical (unpaired) electrons. The van der Waals surface area contributed by atoms with E-state index in [0.717, 1.165) is 57.8 Å². The molecule has 0 unspecified atom stereocenters. The lowest BCUT2D eigenvalue weighted by molar-refractivity contribution is -0.255. The van der Waals surface area contributed by atoms with Gasteiger partial charge in [-0.2, -0.15) is 0 Å². The van der Waals surface area contributed by atoms with Crippen molar-refractivity contribution in [2.75, 3.05) is 13.7 Å². The first-order valence-electron chi connectivity index (χ1n) is 14.2. The fraction of sp³-hybridized carbons (Fsp3) is 1.00. The quantitative estimate of drug-likeness (QED) is 0.518. The van der Waals surface area contributed by atoms with E-state index in [1.54, 1.807) is 7.11 Å². The average molecular weight is 494 g/mol. The second kappa shape index (κ2) is 8.36. The second-order valence-electron chi connectivity index (χ2n) is 13.4. The molecule has 0 aromatic carbocycles. The van der Waals surface area contributed by atoms with Crippen LogP contribution in [0.2, 0.25) is 0 Å². The van der Waals surface area contributed by atoms with Crippen molar-refractivity contribution < 1.29 is 29.2 Å². The van der Waals surface area contributed by atoms with Crippen molar-refractivity contribution in [3.63, 3.8) is 0 Å². The molecule has 4 saturated carbocycles. The molecule has 6 aliphatic rings. The summed E-state index contributed by atoms with van der Waals surface area (Å²) in [6, 6.07) is -0.116. The molecule has 7 nitrogen and oxygen atoms in total. The fourth-order valence-electron chi connectivity index (χ4n) is 10.2. The van der Waals surface area contributed by atoms with Crippen molar-refractivity contribution in [3.8, 4) is 0 Å². The van der Waals surface area contributed by atoms with Gasteiger partial charge in [-0.05, 0) is 94.8 Å². The van der Waals surface area contributed by atoms with Crippen molar-refractivity contribution in [1.29, 1.82) is 0 Å². The molecule has 2 heterocycles. The number of hydrogen-bond acceptors (Lipinski definition) is 7. The van der Waals surface area contributed by atoms with Gasteiger partial charge in [-0.25, -0.2) is 0 Å². The molecule has 2 aliphatic heterocycles. The standard InChI is InChI=1S/C28H47NO6/c1-16-24(29)21(32-4)14-23(34-16)35-18-7-10-25(2)17(13-18)5-6-20-19(25)8-11-27-15-33-26(3,30)22(27)9-12-28(20,27)31/h16-24,30-31H,5-15,29H2,1-4H3/t16-,17-,18-,19-,20+,21+,22+,23-,24+,25-,26+,27-,28-/m0/s1. The van der Waals surface area contributed by atoms with E-state index in [0.29, 0.717) is 30.8 Å². The molecule has 1 spiro atoms. The van der Waals surface area contributed by atoms with Crippen LogP contribution in [0.25, 0.3) is 0 Å². The number of rotatable bonds is 3. The zero-order valence-corrected chi connectivity index (χ0v) is 22.1. The minimum Gasteiger partial charge on any atom is -0.389 e. The van der Waals surface area contributed by atoms with E-state index in [2.05, 4.69) is 6.92 Å². The largest absolute Gasteiger partial charge is 0.389 e. The Bertz CT molecular complexity index is 823. The van der Waals surface area contributed by atoms with Crippen LogP contribution >= 0.6 is 0 Å². The van der Waals surface area contributed by atoms with Crippen LogP contribution in [0.1, 0.15) is 85.0 Å². The molecular weight excluding hydrogens is 446 g/mol. The van der Waals surface area contributed by atoms with Gasteiger partial charge in [-0.15, -0.1) is 0 Å². The normalized spacial score (nSPS) is 59.9. The molecule has 4 aliphatic carbocycles. The average Bonchev–Trinajstić information content (AvgIpc) is 3.28. The van der Waals surface area contributed by atoms with Gasteiger partial charge in [-0.3, -0.25) is 0 Å². The SMILES string of the molecule is CO[C@@H]1C[C@H](O[C@H]2CC[C@@]3(C)[C@@H](CC[C@@H]4[C@@H]3CC[C@]35CO[C@@](C)(O)[C@H]3CC[C@]45O)C2)O[C@@H](C)[C@H]1N. The lowest BCUT2D eigenvalue weighted by Gasteiger charge is -2.63. The summed E-state index contributed by atoms with van der Waals surface area (Å²) in [5.41, 5.74) is 5.50. The van der Waals surface area contributed by atoms with Crippen LogP contribution in [0.15, 0.2) is 0 Å². The third-order valence-corrected chi connectivity index (χ3v) is 12.2. The predicted molar refractivity (Wildman–Crippen MR) is 130 cm³/mol. The van der Waals surface area contributed by atoms with Gasteiger partial charge in [0.25, 0.3) is 0 Å². The minimum absolute atomic E-state index is 0.0288. The third kappa shape index (κ3) is 3.48. The van der Waals surface area contributed by atoms with Crippen LogP contribution in [-0.4, -0.2) is 66.0 Å². The maximum absolute atomic E-state index is 12.3. The van der Waals surface area contributed by atoms with Gasteiger partial charge < -0.3 is 34.9 Å². The summed E-state index contributed by atoms with van der Waals surface area (Å²) < 4.78 is 24.2. The van der Waals surface area contributed by atoms with Gasteiger partial charge in [-0.1, -0.05) is 6.92 Å². The molecule has 0 amide bonds. The van der Waals surface area contributed by atoms with Crippen LogP contribution < -0.4 is 5.73 Å². The molecule has 6 fully saturated rings. The van der Waals surface area contributed by atoms with Crippen LogP contribution in [0.3, 0.4) is 0 Å². The van der Waals surface area contributed by atoms with Gasteiger partial charge >= 0.3 is 0 Å². The molecule has 200 valence electrons. The number of hydrogen-bond donors (Lipinski definition) is 3. The second-order valence-corrected chi connectivity index (χ2v) is 13.4. The van der Waals surface area contributed by atoms with E-state index in [4.69, 9.17) is 24.7 Å². The summed E-state index contributed by atoms with van der Waals surface area (Å²) in [7, 11) is 1.72. The Hall–Kier alpha value is -0.280. The Morgan fingerprint density at radius 1 is 0.943 bits per heavy atom. The Morgan fingerprint density at radius 3 is 2.51 bits per heavy atom. The van der Waals surface area contributed by atoms with Crippen molar-refractivity contribution >= 4 is 0 Å². The van der Waals surface area contributed by atoms with Crippen molar-refractivity contribution in [2.45, 2.75) is 127 Å². The van der Waals surface area contributed by atoms with Gasteiger partial charge in [0.15, 0.2) is 12.1 Å². The van der Waals surface area contributed by atoms with E-state index in [9.17, 15) is 10.2 Å². The lowest BCUT2D eigenvalue weighted by atomic mass is 9.43. The van der Waals surface area contributed by atoms with Crippen LogP contribution in [0, 0.1) is 34.5 Å². The molecule has 35 heavy (non-hydrogen) atoms. The maximum Gasteiger partial charge on any atom is 0.166 e. The molecule has 2 saturated heterocycles. The highest BCUT2D eigenvalue weighted by Gasteiger charge is 2.74. The van der Waals surface area contributed by atoms with Gasteiger partial charge in [0.2, 0.25) is 0 Å². The summed E-state index contributed by atoms with van der Waals surface area (Å²) in [5.74, 6) is 0.408. The molecule has 0 bridgehead atoms. The van der Waals surface area contributed by atoms with E-state index in [-0.39, 0.29) is 47.4 Å². The molecule has 0 aromatic rings. The fourth-order valence-corrected chi connectivity index (χ4v) is 10.2. The molecule has 6 rings (SSSR count). The Kier molecular flexibility index (Phi) is 5.98.